The zero-order valence-electron chi connectivity index (χ0n) is 10.3. The first-order valence-electron chi connectivity index (χ1n) is 6.54. The Morgan fingerprint density at radius 2 is 1.72 bits per heavy atom. The number of hydrogen-bond acceptors (Lipinski definition) is 3. The van der Waals surface area contributed by atoms with E-state index in [9.17, 15) is 0 Å². The third kappa shape index (κ3) is 1.84. The van der Waals surface area contributed by atoms with Crippen LogP contribution in [-0.2, 0) is 0 Å². The maximum Gasteiger partial charge on any atom is 0.107 e. The quantitative estimate of drug-likeness (QED) is 0.762. The highest BCUT2D eigenvalue weighted by Crippen LogP contribution is 2.35. The summed E-state index contributed by atoms with van der Waals surface area (Å²) in [7, 11) is 0. The van der Waals surface area contributed by atoms with Gasteiger partial charge in [-0.05, 0) is 30.4 Å². The van der Waals surface area contributed by atoms with E-state index >= 15 is 0 Å². The molecule has 0 N–H and O–H groups in total. The van der Waals surface area contributed by atoms with Crippen molar-refractivity contribution in [1.29, 1.82) is 5.26 Å². The van der Waals surface area contributed by atoms with Gasteiger partial charge in [-0.2, -0.15) is 5.26 Å². The lowest BCUT2D eigenvalue weighted by Gasteiger charge is -2.22. The molecule has 0 unspecified atom stereocenters. The average Bonchev–Trinajstić information content (AvgIpc) is 2.47. The zero-order valence-corrected chi connectivity index (χ0v) is 10.3. The van der Waals surface area contributed by atoms with Crippen LogP contribution < -0.4 is 0 Å². The van der Waals surface area contributed by atoms with E-state index in [-0.39, 0.29) is 0 Å². The molecule has 1 aromatic heterocycles. The van der Waals surface area contributed by atoms with Gasteiger partial charge in [-0.25, -0.2) is 0 Å². The van der Waals surface area contributed by atoms with Crippen LogP contribution in [0.3, 0.4) is 0 Å². The second-order valence-electron chi connectivity index (χ2n) is 4.90. The molecular weight excluding hydrogens is 222 g/mol. The van der Waals surface area contributed by atoms with Gasteiger partial charge in [0, 0.05) is 12.4 Å². The van der Waals surface area contributed by atoms with Crippen molar-refractivity contribution in [2.75, 3.05) is 0 Å². The van der Waals surface area contributed by atoms with Crippen LogP contribution in [0.2, 0.25) is 0 Å². The fourth-order valence-corrected chi connectivity index (χ4v) is 2.91. The van der Waals surface area contributed by atoms with Gasteiger partial charge in [0.2, 0.25) is 0 Å². The highest BCUT2D eigenvalue weighted by molar-refractivity contribution is 5.83. The Morgan fingerprint density at radius 1 is 1.00 bits per heavy atom. The zero-order chi connectivity index (χ0) is 12.4. The number of fused-ring (bicyclic) bond motifs is 1. The number of aromatic nitrogens is 2. The van der Waals surface area contributed by atoms with Gasteiger partial charge < -0.3 is 0 Å². The largest absolute Gasteiger partial charge is 0.253 e. The van der Waals surface area contributed by atoms with E-state index in [4.69, 9.17) is 5.26 Å². The Hall–Kier alpha value is -1.95. The number of nitrogens with zero attached hydrogens (tertiary/aromatic N) is 3. The van der Waals surface area contributed by atoms with Crippen molar-refractivity contribution in [1.82, 2.24) is 9.97 Å². The molecule has 0 spiro atoms. The van der Waals surface area contributed by atoms with Gasteiger partial charge in [-0.3, -0.25) is 9.97 Å². The monoisotopic (exact) mass is 237 g/mol. The fraction of sp³-hybridized carbons (Fsp3) is 0.400. The molecule has 2 aromatic rings. The third-order valence-electron chi connectivity index (χ3n) is 3.82. The predicted octanol–water partition coefficient (Wildman–Crippen LogP) is 3.55. The molecule has 0 saturated heterocycles. The molecule has 0 amide bonds. The molecule has 0 aliphatic heterocycles. The van der Waals surface area contributed by atoms with Crippen molar-refractivity contribution in [3.05, 3.63) is 35.7 Å². The van der Waals surface area contributed by atoms with Crippen molar-refractivity contribution in [3.63, 3.8) is 0 Å². The number of hydrogen-bond donors (Lipinski definition) is 0. The Morgan fingerprint density at radius 3 is 2.44 bits per heavy atom. The molecule has 0 radical (unpaired) electrons. The minimum Gasteiger partial charge on any atom is -0.253 e. The Kier molecular flexibility index (Phi) is 2.93. The lowest BCUT2D eigenvalue weighted by molar-refractivity contribution is 0.445. The standard InChI is InChI=1S/C15H15N3/c16-10-12-6-7-13(11-4-2-1-3-5-11)15-14(12)17-8-9-18-15/h6-9,11H,1-5H2. The minimum atomic E-state index is 0.589. The molecule has 3 heteroatoms. The second kappa shape index (κ2) is 4.73. The van der Waals surface area contributed by atoms with E-state index in [0.29, 0.717) is 11.5 Å². The lowest BCUT2D eigenvalue weighted by atomic mass is 9.83. The number of rotatable bonds is 1. The van der Waals surface area contributed by atoms with Crippen LogP contribution in [-0.4, -0.2) is 9.97 Å². The molecule has 1 aliphatic rings. The van der Waals surface area contributed by atoms with E-state index < -0.39 is 0 Å². The molecule has 3 rings (SSSR count). The Bertz CT molecular complexity index is 607. The maximum absolute atomic E-state index is 9.12. The first-order chi connectivity index (χ1) is 8.90. The van der Waals surface area contributed by atoms with Crippen molar-refractivity contribution in [3.8, 4) is 6.07 Å². The molecule has 18 heavy (non-hydrogen) atoms. The summed E-state index contributed by atoms with van der Waals surface area (Å²) in [6.45, 7) is 0. The Labute approximate surface area is 106 Å². The summed E-state index contributed by atoms with van der Waals surface area (Å²) in [6.07, 6.45) is 9.79. The molecular formula is C15H15N3. The van der Waals surface area contributed by atoms with Gasteiger partial charge in [0.05, 0.1) is 11.1 Å². The molecule has 1 aliphatic carbocycles. The van der Waals surface area contributed by atoms with Crippen molar-refractivity contribution < 1.29 is 0 Å². The summed E-state index contributed by atoms with van der Waals surface area (Å²) >= 11 is 0. The van der Waals surface area contributed by atoms with Crippen molar-refractivity contribution in [2.45, 2.75) is 38.0 Å². The first-order valence-corrected chi connectivity index (χ1v) is 6.54. The normalized spacial score (nSPS) is 16.6. The van der Waals surface area contributed by atoms with Gasteiger partial charge in [-0.15, -0.1) is 0 Å². The summed E-state index contributed by atoms with van der Waals surface area (Å²) in [5.41, 5.74) is 3.57. The summed E-state index contributed by atoms with van der Waals surface area (Å²) < 4.78 is 0. The predicted molar refractivity (Wildman–Crippen MR) is 70.1 cm³/mol. The molecule has 90 valence electrons. The summed E-state index contributed by atoms with van der Waals surface area (Å²) in [5, 5.41) is 9.12. The van der Waals surface area contributed by atoms with Crippen LogP contribution in [0.4, 0.5) is 0 Å². The second-order valence-corrected chi connectivity index (χ2v) is 4.90. The lowest BCUT2D eigenvalue weighted by Crippen LogP contribution is -2.06. The van der Waals surface area contributed by atoms with Crippen LogP contribution in [0.1, 0.15) is 49.1 Å². The topological polar surface area (TPSA) is 49.6 Å². The fourth-order valence-electron chi connectivity index (χ4n) is 2.91. The van der Waals surface area contributed by atoms with E-state index in [2.05, 4.69) is 22.1 Å². The summed E-state index contributed by atoms with van der Waals surface area (Å²) in [6, 6.07) is 6.16. The van der Waals surface area contributed by atoms with E-state index in [1.165, 1.54) is 37.7 Å². The van der Waals surface area contributed by atoms with Crippen LogP contribution in [0.25, 0.3) is 11.0 Å². The van der Waals surface area contributed by atoms with Gasteiger partial charge in [0.25, 0.3) is 0 Å². The average molecular weight is 237 g/mol. The van der Waals surface area contributed by atoms with E-state index in [1.54, 1.807) is 12.4 Å². The molecule has 1 heterocycles. The molecule has 1 aromatic carbocycles. The highest BCUT2D eigenvalue weighted by atomic mass is 14.8. The molecule has 0 bridgehead atoms. The maximum atomic E-state index is 9.12. The molecule has 1 fully saturated rings. The van der Waals surface area contributed by atoms with Crippen LogP contribution in [0.15, 0.2) is 24.5 Å². The molecule has 0 atom stereocenters. The van der Waals surface area contributed by atoms with Gasteiger partial charge in [-0.1, -0.05) is 25.3 Å². The van der Waals surface area contributed by atoms with Crippen LogP contribution in [0.5, 0.6) is 0 Å². The van der Waals surface area contributed by atoms with Crippen molar-refractivity contribution in [2.24, 2.45) is 0 Å². The molecule has 1 saturated carbocycles. The van der Waals surface area contributed by atoms with Crippen molar-refractivity contribution >= 4 is 11.0 Å². The van der Waals surface area contributed by atoms with E-state index in [1.807, 2.05) is 6.07 Å². The Balaban J connectivity index is 2.15. The van der Waals surface area contributed by atoms with Gasteiger partial charge in [0.15, 0.2) is 0 Å². The molecule has 3 nitrogen and oxygen atoms in total. The third-order valence-corrected chi connectivity index (χ3v) is 3.82. The van der Waals surface area contributed by atoms with Crippen LogP contribution >= 0.6 is 0 Å². The minimum absolute atomic E-state index is 0.589. The number of nitriles is 1. The summed E-state index contributed by atoms with van der Waals surface area (Å²) in [5.74, 6) is 0.589. The SMILES string of the molecule is N#Cc1ccc(C2CCCCC2)c2nccnc12. The smallest absolute Gasteiger partial charge is 0.107 e. The van der Waals surface area contributed by atoms with Gasteiger partial charge >= 0.3 is 0 Å². The summed E-state index contributed by atoms with van der Waals surface area (Å²) in [4.78, 5) is 8.77. The van der Waals surface area contributed by atoms with Crippen LogP contribution in [0, 0.1) is 11.3 Å². The first kappa shape index (κ1) is 11.2. The number of benzene rings is 1. The highest BCUT2D eigenvalue weighted by Gasteiger charge is 2.19. The van der Waals surface area contributed by atoms with Gasteiger partial charge in [0.1, 0.15) is 11.6 Å². The van der Waals surface area contributed by atoms with E-state index in [0.717, 1.165) is 11.0 Å².